The van der Waals surface area contributed by atoms with Crippen molar-refractivity contribution in [2.24, 2.45) is 11.8 Å². The number of nitrogens with one attached hydrogen (secondary N) is 1. The maximum Gasteiger partial charge on any atom is 0.258 e. The molecule has 0 saturated heterocycles. The van der Waals surface area contributed by atoms with Crippen molar-refractivity contribution >= 4 is 17.5 Å². The van der Waals surface area contributed by atoms with Crippen LogP contribution in [0.25, 0.3) is 0 Å². The molecule has 0 bridgehead atoms. The summed E-state index contributed by atoms with van der Waals surface area (Å²) in [6.45, 7) is 9.71. The number of carbonyl (C=O) groups is 2. The molecule has 1 aliphatic heterocycles. The Kier molecular flexibility index (Phi) is 13.4. The molecule has 4 atom stereocenters. The lowest BCUT2D eigenvalue weighted by molar-refractivity contribution is -0.116. The van der Waals surface area contributed by atoms with Gasteiger partial charge in [-0.25, -0.2) is 0 Å². The summed E-state index contributed by atoms with van der Waals surface area (Å²) in [5.41, 5.74) is 0.965. The highest BCUT2D eigenvalue weighted by molar-refractivity contribution is 5.99. The van der Waals surface area contributed by atoms with Crippen molar-refractivity contribution < 1.29 is 24.2 Å². The molecular formula is C32H54N4O5. The van der Waals surface area contributed by atoms with Gasteiger partial charge in [-0.05, 0) is 104 Å². The Bertz CT molecular complexity index is 969. The number of aliphatic hydroxyl groups is 1. The van der Waals surface area contributed by atoms with Crippen LogP contribution in [-0.2, 0) is 9.53 Å². The van der Waals surface area contributed by atoms with E-state index in [1.54, 1.807) is 23.1 Å². The SMILES string of the molecule is C[C@@H]1CCCCO[C@@H](CN(C)CC2CC2)[C@@H](C)CN([C@H](C)CO)C(=O)c2cc(NC(=O)CCCN(C)C)ccc2O1. The van der Waals surface area contributed by atoms with Gasteiger partial charge in [-0.1, -0.05) is 6.92 Å². The van der Waals surface area contributed by atoms with Crippen molar-refractivity contribution in [1.29, 1.82) is 0 Å². The summed E-state index contributed by atoms with van der Waals surface area (Å²) in [5.74, 6) is 1.05. The number of rotatable bonds is 11. The minimum atomic E-state index is -0.391. The van der Waals surface area contributed by atoms with Crippen LogP contribution in [0, 0.1) is 11.8 Å². The first-order valence-corrected chi connectivity index (χ1v) is 15.5. The van der Waals surface area contributed by atoms with Crippen LogP contribution in [0.1, 0.15) is 76.1 Å². The van der Waals surface area contributed by atoms with Crippen LogP contribution in [0.3, 0.4) is 0 Å². The van der Waals surface area contributed by atoms with Crippen molar-refractivity contribution in [2.75, 3.05) is 65.9 Å². The third-order valence-corrected chi connectivity index (χ3v) is 8.10. The Morgan fingerprint density at radius 2 is 1.90 bits per heavy atom. The third kappa shape index (κ3) is 11.2. The summed E-state index contributed by atoms with van der Waals surface area (Å²) in [7, 11) is 6.13. The standard InChI is InChI=1S/C32H54N4O5/c1-23-19-36(24(2)22-37)32(39)28-18-27(33-31(38)11-9-16-34(4)5)14-15-29(28)41-25(3)10-7-8-17-40-30(23)21-35(6)20-26-12-13-26/h14-15,18,23-26,30,37H,7-13,16-17,19-22H2,1-6H3,(H,33,38)/t23-,24+,25+,30-/m0/s1. The number of anilines is 1. The molecule has 1 saturated carbocycles. The molecule has 0 spiro atoms. The number of ether oxygens (including phenoxy) is 2. The van der Waals surface area contributed by atoms with Crippen LogP contribution in [-0.4, -0.2) is 110 Å². The number of amides is 2. The molecule has 1 aromatic rings. The van der Waals surface area contributed by atoms with E-state index in [2.05, 4.69) is 29.1 Å². The van der Waals surface area contributed by atoms with Gasteiger partial charge in [-0.2, -0.15) is 0 Å². The highest BCUT2D eigenvalue weighted by Gasteiger charge is 2.31. The van der Waals surface area contributed by atoms with Crippen molar-refractivity contribution in [3.8, 4) is 5.75 Å². The molecule has 1 aliphatic carbocycles. The molecule has 1 fully saturated rings. The van der Waals surface area contributed by atoms with Crippen molar-refractivity contribution in [3.63, 3.8) is 0 Å². The van der Waals surface area contributed by atoms with Gasteiger partial charge in [0.25, 0.3) is 5.91 Å². The molecule has 0 aromatic heterocycles. The van der Waals surface area contributed by atoms with E-state index in [1.165, 1.54) is 12.8 Å². The van der Waals surface area contributed by atoms with Gasteiger partial charge in [0.2, 0.25) is 5.91 Å². The quantitative estimate of drug-likeness (QED) is 0.411. The Morgan fingerprint density at radius 3 is 2.59 bits per heavy atom. The summed E-state index contributed by atoms with van der Waals surface area (Å²) in [5, 5.41) is 13.1. The second-order valence-corrected chi connectivity index (χ2v) is 12.6. The smallest absolute Gasteiger partial charge is 0.258 e. The first-order valence-electron chi connectivity index (χ1n) is 15.5. The van der Waals surface area contributed by atoms with Crippen molar-refractivity contribution in [2.45, 2.75) is 84.0 Å². The van der Waals surface area contributed by atoms with Crippen molar-refractivity contribution in [1.82, 2.24) is 14.7 Å². The largest absolute Gasteiger partial charge is 0.490 e. The van der Waals surface area contributed by atoms with E-state index >= 15 is 0 Å². The lowest BCUT2D eigenvalue weighted by Crippen LogP contribution is -2.47. The molecule has 9 heteroatoms. The van der Waals surface area contributed by atoms with Gasteiger partial charge >= 0.3 is 0 Å². The third-order valence-electron chi connectivity index (χ3n) is 8.10. The number of carbonyl (C=O) groups excluding carboxylic acids is 2. The number of fused-ring (bicyclic) bond motifs is 1. The van der Waals surface area contributed by atoms with Crippen LogP contribution in [0.5, 0.6) is 5.75 Å². The van der Waals surface area contributed by atoms with Crippen LogP contribution < -0.4 is 10.1 Å². The van der Waals surface area contributed by atoms with E-state index in [0.29, 0.717) is 36.6 Å². The van der Waals surface area contributed by atoms with Crippen LogP contribution in [0.15, 0.2) is 18.2 Å². The van der Waals surface area contributed by atoms with E-state index in [0.717, 1.165) is 51.2 Å². The number of nitrogens with zero attached hydrogens (tertiary/aromatic N) is 3. The second kappa shape index (κ2) is 16.4. The molecule has 1 heterocycles. The molecule has 9 nitrogen and oxygen atoms in total. The fraction of sp³-hybridized carbons (Fsp3) is 0.750. The molecule has 2 aliphatic rings. The van der Waals surface area contributed by atoms with E-state index < -0.39 is 6.04 Å². The Morgan fingerprint density at radius 1 is 1.15 bits per heavy atom. The zero-order chi connectivity index (χ0) is 29.9. The average molecular weight is 575 g/mol. The van der Waals surface area contributed by atoms with E-state index in [-0.39, 0.29) is 36.5 Å². The summed E-state index contributed by atoms with van der Waals surface area (Å²) >= 11 is 0. The van der Waals surface area contributed by atoms with Gasteiger partial charge in [-0.15, -0.1) is 0 Å². The number of likely N-dealkylation sites (N-methyl/N-ethyl adjacent to an activating group) is 1. The lowest BCUT2D eigenvalue weighted by Gasteiger charge is -2.36. The van der Waals surface area contributed by atoms with Gasteiger partial charge < -0.3 is 34.6 Å². The van der Waals surface area contributed by atoms with Gasteiger partial charge in [0.1, 0.15) is 5.75 Å². The lowest BCUT2D eigenvalue weighted by atomic mass is 10.0. The second-order valence-electron chi connectivity index (χ2n) is 12.6. The fourth-order valence-electron chi connectivity index (χ4n) is 5.37. The highest BCUT2D eigenvalue weighted by atomic mass is 16.5. The number of hydrogen-bond donors (Lipinski definition) is 2. The molecule has 3 rings (SSSR count). The summed E-state index contributed by atoms with van der Waals surface area (Å²) in [6.07, 6.45) is 6.42. The Balaban J connectivity index is 1.86. The molecule has 41 heavy (non-hydrogen) atoms. The highest BCUT2D eigenvalue weighted by Crippen LogP contribution is 2.30. The molecule has 0 unspecified atom stereocenters. The van der Waals surface area contributed by atoms with E-state index in [9.17, 15) is 14.7 Å². The molecule has 2 amide bonds. The molecule has 232 valence electrons. The summed E-state index contributed by atoms with van der Waals surface area (Å²) < 4.78 is 12.7. The molecule has 1 aromatic carbocycles. The van der Waals surface area contributed by atoms with Gasteiger partial charge in [0, 0.05) is 44.3 Å². The predicted octanol–water partition coefficient (Wildman–Crippen LogP) is 4.10. The number of aliphatic hydroxyl groups excluding tert-OH is 1. The van der Waals surface area contributed by atoms with Gasteiger partial charge in [-0.3, -0.25) is 9.59 Å². The minimum absolute atomic E-state index is 0.0242. The normalized spacial score (nSPS) is 23.6. The number of benzene rings is 1. The van der Waals surface area contributed by atoms with Crippen molar-refractivity contribution in [3.05, 3.63) is 23.8 Å². The van der Waals surface area contributed by atoms with Gasteiger partial charge in [0.15, 0.2) is 0 Å². The summed E-state index contributed by atoms with van der Waals surface area (Å²) in [4.78, 5) is 33.0. The minimum Gasteiger partial charge on any atom is -0.490 e. The first-order chi connectivity index (χ1) is 19.6. The molecule has 2 N–H and O–H groups in total. The van der Waals surface area contributed by atoms with Gasteiger partial charge in [0.05, 0.1) is 30.4 Å². The zero-order valence-electron chi connectivity index (χ0n) is 26.2. The monoisotopic (exact) mass is 574 g/mol. The van der Waals surface area contributed by atoms with Crippen LogP contribution in [0.2, 0.25) is 0 Å². The molecular weight excluding hydrogens is 520 g/mol. The Hall–Kier alpha value is -2.20. The van der Waals surface area contributed by atoms with E-state index in [4.69, 9.17) is 9.47 Å². The molecule has 0 radical (unpaired) electrons. The average Bonchev–Trinajstić information content (AvgIpc) is 3.74. The zero-order valence-corrected chi connectivity index (χ0v) is 26.2. The number of hydrogen-bond acceptors (Lipinski definition) is 7. The van der Waals surface area contributed by atoms with Crippen LogP contribution >= 0.6 is 0 Å². The maximum atomic E-state index is 14.2. The maximum absolute atomic E-state index is 14.2. The van der Waals surface area contributed by atoms with E-state index in [1.807, 2.05) is 27.9 Å². The topological polar surface area (TPSA) is 94.6 Å². The summed E-state index contributed by atoms with van der Waals surface area (Å²) in [6, 6.07) is 4.92. The Labute approximate surface area is 247 Å². The first kappa shape index (κ1) is 33.3. The van der Waals surface area contributed by atoms with Crippen LogP contribution in [0.4, 0.5) is 5.69 Å². The fourth-order valence-corrected chi connectivity index (χ4v) is 5.37. The predicted molar refractivity (Wildman–Crippen MR) is 164 cm³/mol.